The first-order valence-corrected chi connectivity index (χ1v) is 8.81. The van der Waals surface area contributed by atoms with Crippen molar-refractivity contribution < 1.29 is 9.47 Å². The normalized spacial score (nSPS) is 27.6. The number of hydrogen-bond donors (Lipinski definition) is 0. The Hall–Kier alpha value is -1.10. The Morgan fingerprint density at radius 1 is 1.30 bits per heavy atom. The number of benzene rings is 1. The molecule has 3 unspecified atom stereocenters. The summed E-state index contributed by atoms with van der Waals surface area (Å²) in [4.78, 5) is 4.89. The number of morpholine rings is 1. The van der Waals surface area contributed by atoms with E-state index in [-0.39, 0.29) is 6.10 Å². The smallest absolute Gasteiger partial charge is 0.122 e. The van der Waals surface area contributed by atoms with Gasteiger partial charge in [0.05, 0.1) is 19.3 Å². The second-order valence-corrected chi connectivity index (χ2v) is 7.13. The van der Waals surface area contributed by atoms with Gasteiger partial charge in [-0.05, 0) is 50.7 Å². The number of hydrogen-bond acceptors (Lipinski definition) is 4. The van der Waals surface area contributed by atoms with Crippen LogP contribution in [0.15, 0.2) is 18.2 Å². The first kappa shape index (κ1) is 16.7. The van der Waals surface area contributed by atoms with Crippen molar-refractivity contribution in [3.05, 3.63) is 29.3 Å². The van der Waals surface area contributed by atoms with E-state index in [4.69, 9.17) is 9.47 Å². The molecule has 0 bridgehead atoms. The van der Waals surface area contributed by atoms with E-state index in [0.29, 0.717) is 12.1 Å². The fourth-order valence-corrected chi connectivity index (χ4v) is 4.16. The van der Waals surface area contributed by atoms with Crippen molar-refractivity contribution in [2.24, 2.45) is 0 Å². The molecule has 1 aliphatic carbocycles. The fraction of sp³-hybridized carbons (Fsp3) is 0.684. The van der Waals surface area contributed by atoms with E-state index < -0.39 is 0 Å². The van der Waals surface area contributed by atoms with Gasteiger partial charge in [0.1, 0.15) is 5.75 Å². The van der Waals surface area contributed by atoms with Gasteiger partial charge in [0.2, 0.25) is 0 Å². The predicted octanol–water partition coefficient (Wildman–Crippen LogP) is 2.20. The highest BCUT2D eigenvalue weighted by Gasteiger charge is 2.40. The van der Waals surface area contributed by atoms with Crippen LogP contribution in [-0.4, -0.2) is 68.9 Å². The Bertz CT molecular complexity index is 532. The monoisotopic (exact) mass is 318 g/mol. The van der Waals surface area contributed by atoms with E-state index in [1.54, 1.807) is 7.11 Å². The summed E-state index contributed by atoms with van der Waals surface area (Å²) in [7, 11) is 6.01. The van der Waals surface area contributed by atoms with E-state index in [9.17, 15) is 0 Å². The van der Waals surface area contributed by atoms with E-state index >= 15 is 0 Å². The summed E-state index contributed by atoms with van der Waals surface area (Å²) >= 11 is 0. The van der Waals surface area contributed by atoms with Crippen LogP contribution in [0.3, 0.4) is 0 Å². The zero-order chi connectivity index (χ0) is 16.4. The first-order chi connectivity index (χ1) is 11.1. The van der Waals surface area contributed by atoms with Crippen LogP contribution in [0.2, 0.25) is 0 Å². The number of rotatable bonds is 5. The molecule has 0 saturated carbocycles. The average Bonchev–Trinajstić information content (AvgIpc) is 2.52. The van der Waals surface area contributed by atoms with E-state index in [2.05, 4.69) is 49.0 Å². The number of likely N-dealkylation sites (N-methyl/N-ethyl adjacent to an activating group) is 1. The number of nitrogens with zero attached hydrogens (tertiary/aromatic N) is 2. The summed E-state index contributed by atoms with van der Waals surface area (Å²) in [6.45, 7) is 5.47. The second-order valence-electron chi connectivity index (χ2n) is 7.13. The topological polar surface area (TPSA) is 24.9 Å². The van der Waals surface area contributed by atoms with Crippen LogP contribution < -0.4 is 4.74 Å². The molecule has 128 valence electrons. The molecule has 0 spiro atoms. The molecule has 4 nitrogen and oxygen atoms in total. The fourth-order valence-electron chi connectivity index (χ4n) is 4.16. The molecule has 1 aliphatic heterocycles. The van der Waals surface area contributed by atoms with Crippen LogP contribution in [0.25, 0.3) is 0 Å². The lowest BCUT2D eigenvalue weighted by atomic mass is 9.83. The van der Waals surface area contributed by atoms with Crippen molar-refractivity contribution in [3.8, 4) is 5.75 Å². The largest absolute Gasteiger partial charge is 0.496 e. The van der Waals surface area contributed by atoms with Crippen molar-refractivity contribution in [1.29, 1.82) is 0 Å². The molecule has 0 radical (unpaired) electrons. The Morgan fingerprint density at radius 3 is 2.83 bits per heavy atom. The lowest BCUT2D eigenvalue weighted by Gasteiger charge is -2.48. The molecule has 1 aromatic carbocycles. The van der Waals surface area contributed by atoms with Gasteiger partial charge in [-0.25, -0.2) is 0 Å². The highest BCUT2D eigenvalue weighted by molar-refractivity contribution is 5.43. The maximum Gasteiger partial charge on any atom is 0.122 e. The molecule has 3 atom stereocenters. The van der Waals surface area contributed by atoms with Gasteiger partial charge in [0, 0.05) is 25.6 Å². The van der Waals surface area contributed by atoms with E-state index in [0.717, 1.165) is 38.2 Å². The molecule has 3 rings (SSSR count). The van der Waals surface area contributed by atoms with Gasteiger partial charge in [0.15, 0.2) is 0 Å². The van der Waals surface area contributed by atoms with Gasteiger partial charge in [0.25, 0.3) is 0 Å². The molecule has 0 aromatic heterocycles. The molecule has 4 heteroatoms. The van der Waals surface area contributed by atoms with Crippen LogP contribution in [0.1, 0.15) is 24.5 Å². The molecule has 1 heterocycles. The van der Waals surface area contributed by atoms with Crippen molar-refractivity contribution in [3.63, 3.8) is 0 Å². The molecule has 0 amide bonds. The summed E-state index contributed by atoms with van der Waals surface area (Å²) < 4.78 is 12.1. The van der Waals surface area contributed by atoms with Crippen LogP contribution in [0, 0.1) is 0 Å². The third-order valence-corrected chi connectivity index (χ3v) is 5.07. The Morgan fingerprint density at radius 2 is 2.13 bits per heavy atom. The lowest BCUT2D eigenvalue weighted by Crippen LogP contribution is -2.59. The van der Waals surface area contributed by atoms with Crippen LogP contribution in [-0.2, 0) is 17.6 Å². The highest BCUT2D eigenvalue weighted by atomic mass is 16.5. The summed E-state index contributed by atoms with van der Waals surface area (Å²) in [6.07, 6.45) is 3.82. The molecule has 1 saturated heterocycles. The molecule has 1 aromatic rings. The van der Waals surface area contributed by atoms with Gasteiger partial charge in [-0.3, -0.25) is 4.90 Å². The van der Waals surface area contributed by atoms with Crippen molar-refractivity contribution >= 4 is 0 Å². The van der Waals surface area contributed by atoms with Gasteiger partial charge in [-0.2, -0.15) is 0 Å². The minimum atomic E-state index is 0.282. The third kappa shape index (κ3) is 3.54. The number of fused-ring (bicyclic) bond motifs is 2. The van der Waals surface area contributed by atoms with Crippen molar-refractivity contribution in [1.82, 2.24) is 9.80 Å². The van der Waals surface area contributed by atoms with Gasteiger partial charge in [-0.15, -0.1) is 0 Å². The average molecular weight is 318 g/mol. The Labute approximate surface area is 140 Å². The Balaban J connectivity index is 1.84. The second kappa shape index (κ2) is 7.20. The van der Waals surface area contributed by atoms with E-state index in [1.165, 1.54) is 17.5 Å². The molecular formula is C19H30N2O2. The van der Waals surface area contributed by atoms with Crippen LogP contribution >= 0.6 is 0 Å². The van der Waals surface area contributed by atoms with Gasteiger partial charge in [-0.1, -0.05) is 19.1 Å². The maximum absolute atomic E-state index is 6.50. The Kier molecular flexibility index (Phi) is 5.24. The number of ether oxygens (including phenoxy) is 2. The van der Waals surface area contributed by atoms with Gasteiger partial charge >= 0.3 is 0 Å². The van der Waals surface area contributed by atoms with E-state index in [1.807, 2.05) is 0 Å². The zero-order valence-electron chi connectivity index (χ0n) is 14.9. The molecule has 0 N–H and O–H groups in total. The summed E-state index contributed by atoms with van der Waals surface area (Å²) in [6, 6.07) is 6.95. The minimum absolute atomic E-state index is 0.282. The highest BCUT2D eigenvalue weighted by Crippen LogP contribution is 2.35. The van der Waals surface area contributed by atoms with Crippen molar-refractivity contribution in [2.75, 3.05) is 40.8 Å². The molecular weight excluding hydrogens is 288 g/mol. The molecule has 2 aliphatic rings. The molecule has 23 heavy (non-hydrogen) atoms. The zero-order valence-corrected chi connectivity index (χ0v) is 14.9. The summed E-state index contributed by atoms with van der Waals surface area (Å²) in [5.41, 5.74) is 2.78. The maximum atomic E-state index is 6.50. The minimum Gasteiger partial charge on any atom is -0.496 e. The third-order valence-electron chi connectivity index (χ3n) is 5.07. The van der Waals surface area contributed by atoms with Gasteiger partial charge < -0.3 is 14.4 Å². The first-order valence-electron chi connectivity index (χ1n) is 8.81. The van der Waals surface area contributed by atoms with Crippen LogP contribution in [0.4, 0.5) is 0 Å². The van der Waals surface area contributed by atoms with Crippen LogP contribution in [0.5, 0.6) is 5.75 Å². The predicted molar refractivity (Wildman–Crippen MR) is 93.3 cm³/mol. The standard InChI is InChI=1S/C19H30N2O2/c1-5-9-21-13-15(12-20(2)3)23-19-11-16-14(10-17(19)21)7-6-8-18(16)22-4/h6-8,15,17,19H,5,9-13H2,1-4H3. The van der Waals surface area contributed by atoms with Crippen molar-refractivity contribution in [2.45, 2.75) is 44.4 Å². The number of methoxy groups -OCH3 is 1. The SMILES string of the molecule is CCCN1CC(CN(C)C)OC2Cc3c(cccc3OC)CC21. The molecule has 1 fully saturated rings. The quantitative estimate of drug-likeness (QED) is 0.831. The summed E-state index contributed by atoms with van der Waals surface area (Å²) in [5.74, 6) is 1.02. The lowest BCUT2D eigenvalue weighted by molar-refractivity contribution is -0.127. The summed E-state index contributed by atoms with van der Waals surface area (Å²) in [5, 5.41) is 0.